The fourth-order valence-electron chi connectivity index (χ4n) is 5.77. The highest BCUT2D eigenvalue weighted by Gasteiger charge is 2.42. The largest absolute Gasteiger partial charge is 0.394 e. The van der Waals surface area contributed by atoms with Gasteiger partial charge in [0.15, 0.2) is 0 Å². The topological polar surface area (TPSA) is 133 Å². The second-order valence-corrected chi connectivity index (χ2v) is 18.2. The van der Waals surface area contributed by atoms with Crippen molar-refractivity contribution in [1.29, 1.82) is 0 Å². The van der Waals surface area contributed by atoms with Crippen molar-refractivity contribution >= 4 is 14.7 Å². The molecule has 3 saturated heterocycles. The van der Waals surface area contributed by atoms with Crippen molar-refractivity contribution in [2.75, 3.05) is 84.1 Å². The summed E-state index contributed by atoms with van der Waals surface area (Å²) >= 11 is 0. The fourth-order valence-corrected chi connectivity index (χ4v) is 12.2. The summed E-state index contributed by atoms with van der Waals surface area (Å²) in [5.74, 6) is 1.55. The van der Waals surface area contributed by atoms with Crippen LogP contribution in [0.4, 0.5) is 0 Å². The zero-order chi connectivity index (χ0) is 29.4. The van der Waals surface area contributed by atoms with E-state index >= 15 is 0 Å². The van der Waals surface area contributed by atoms with E-state index in [1.807, 2.05) is 6.92 Å². The van der Waals surface area contributed by atoms with Crippen molar-refractivity contribution < 1.29 is 47.3 Å². The Morgan fingerprint density at radius 3 is 2.20 bits per heavy atom. The molecular weight excluding hydrogens is 558 g/mol. The molecule has 0 bridgehead atoms. The third-order valence-electron chi connectivity index (χ3n) is 8.54. The van der Waals surface area contributed by atoms with E-state index in [1.54, 1.807) is 0 Å². The molecule has 12 heteroatoms. The number of epoxide rings is 1. The predicted molar refractivity (Wildman–Crippen MR) is 155 cm³/mol. The van der Waals surface area contributed by atoms with Gasteiger partial charge >= 0.3 is 0 Å². The summed E-state index contributed by atoms with van der Waals surface area (Å²) in [6.07, 6.45) is 2.39. The molecular formula is C28H54O10P2. The van der Waals surface area contributed by atoms with Crippen LogP contribution < -0.4 is 0 Å². The first-order valence-electron chi connectivity index (χ1n) is 15.0. The molecule has 236 valence electrons. The molecule has 3 aliphatic rings. The average Bonchev–Trinajstić information content (AvgIpc) is 3.58. The number of hydrogen-bond acceptors (Lipinski definition) is 10. The van der Waals surface area contributed by atoms with Crippen molar-refractivity contribution in [3.05, 3.63) is 0 Å². The van der Waals surface area contributed by atoms with Crippen LogP contribution in [-0.2, 0) is 37.1 Å². The average molecular weight is 613 g/mol. The monoisotopic (exact) mass is 612 g/mol. The number of hydrogen-bond donors (Lipinski definition) is 2. The molecule has 0 spiro atoms. The van der Waals surface area contributed by atoms with Gasteiger partial charge in [-0.2, -0.15) is 0 Å². The number of rotatable bonds is 20. The van der Waals surface area contributed by atoms with Crippen LogP contribution >= 0.6 is 14.7 Å². The van der Waals surface area contributed by atoms with Crippen molar-refractivity contribution in [2.45, 2.75) is 65.8 Å². The van der Waals surface area contributed by atoms with Gasteiger partial charge in [0.2, 0.25) is 14.7 Å². The molecule has 0 aliphatic carbocycles. The minimum Gasteiger partial charge on any atom is -0.394 e. The summed E-state index contributed by atoms with van der Waals surface area (Å²) in [6, 6.07) is 0. The summed E-state index contributed by atoms with van der Waals surface area (Å²) in [5.41, 5.74) is -0.500. The van der Waals surface area contributed by atoms with E-state index < -0.39 is 32.4 Å². The second-order valence-electron chi connectivity index (χ2n) is 12.9. The lowest BCUT2D eigenvalue weighted by molar-refractivity contribution is -0.0962. The molecule has 0 saturated carbocycles. The minimum absolute atomic E-state index is 0.0197. The van der Waals surface area contributed by atoms with Crippen molar-refractivity contribution in [2.24, 2.45) is 29.1 Å². The molecule has 0 radical (unpaired) electrons. The third-order valence-corrected chi connectivity index (χ3v) is 14.1. The quantitative estimate of drug-likeness (QED) is 0.153. The Labute approximate surface area is 241 Å². The predicted octanol–water partition coefficient (Wildman–Crippen LogP) is 4.10. The Balaban J connectivity index is 1.46. The van der Waals surface area contributed by atoms with E-state index in [4.69, 9.17) is 28.0 Å². The first-order valence-corrected chi connectivity index (χ1v) is 19.0. The van der Waals surface area contributed by atoms with Gasteiger partial charge in [-0.1, -0.05) is 34.6 Å². The normalized spacial score (nSPS) is 35.2. The molecule has 2 N–H and O–H groups in total. The summed E-state index contributed by atoms with van der Waals surface area (Å²) in [5, 5.41) is 20.3. The maximum atomic E-state index is 13.2. The number of aliphatic hydroxyl groups is 2. The summed E-state index contributed by atoms with van der Waals surface area (Å²) in [4.78, 5) is 0. The van der Waals surface area contributed by atoms with Crippen LogP contribution in [0.3, 0.4) is 0 Å². The fraction of sp³-hybridized carbons (Fsp3) is 1.00. The highest BCUT2D eigenvalue weighted by molar-refractivity contribution is 7.59. The zero-order valence-electron chi connectivity index (χ0n) is 25.2. The second kappa shape index (κ2) is 15.7. The van der Waals surface area contributed by atoms with E-state index in [2.05, 4.69) is 27.7 Å². The van der Waals surface area contributed by atoms with Gasteiger partial charge in [-0.3, -0.25) is 9.13 Å². The van der Waals surface area contributed by atoms with Crippen LogP contribution in [0, 0.1) is 29.1 Å². The molecule has 40 heavy (non-hydrogen) atoms. The molecule has 3 rings (SSSR count). The smallest absolute Gasteiger partial charge is 0.203 e. The summed E-state index contributed by atoms with van der Waals surface area (Å²) in [7, 11) is -5.48. The standard InChI is InChI=1S/C28H54O10P2/c1-6-28(20-35-13-26-14-36-26,19-34-12-25(9-29)38-39(31)8-7-22(4)15-39)18-33-10-24(30)11-37-40(32)16-23(5)27(17-40)21(2)3/h21-27,29-30H,6-20H2,1-5H3/t22?,23?,24?,25?,26?,27-,28?,39?,40?/m0/s1. The molecule has 9 atom stereocenters. The molecule has 10 nitrogen and oxygen atoms in total. The molecule has 0 amide bonds. The van der Waals surface area contributed by atoms with Crippen LogP contribution in [-0.4, -0.2) is 113 Å². The van der Waals surface area contributed by atoms with Gasteiger partial charge in [0, 0.05) is 30.1 Å². The molecule has 8 unspecified atom stereocenters. The van der Waals surface area contributed by atoms with E-state index in [9.17, 15) is 19.3 Å². The van der Waals surface area contributed by atoms with Gasteiger partial charge in [-0.15, -0.1) is 0 Å². The molecule has 3 heterocycles. The lowest BCUT2D eigenvalue weighted by Crippen LogP contribution is -2.39. The van der Waals surface area contributed by atoms with Gasteiger partial charge in [0.05, 0.1) is 59.5 Å². The van der Waals surface area contributed by atoms with Gasteiger partial charge in [-0.05, 0) is 36.5 Å². The number of ether oxygens (including phenoxy) is 4. The van der Waals surface area contributed by atoms with Crippen LogP contribution in [0.1, 0.15) is 47.5 Å². The lowest BCUT2D eigenvalue weighted by atomic mass is 9.88. The molecule has 3 aliphatic heterocycles. The first kappa shape index (κ1) is 34.6. The molecule has 0 aromatic heterocycles. The van der Waals surface area contributed by atoms with E-state index in [0.29, 0.717) is 74.6 Å². The lowest BCUT2D eigenvalue weighted by Gasteiger charge is -2.33. The van der Waals surface area contributed by atoms with Crippen LogP contribution in [0.15, 0.2) is 0 Å². The summed E-state index contributed by atoms with van der Waals surface area (Å²) < 4.78 is 60.9. The van der Waals surface area contributed by atoms with Crippen LogP contribution in [0.25, 0.3) is 0 Å². The minimum atomic E-state index is -2.75. The number of aliphatic hydroxyl groups excluding tert-OH is 2. The Kier molecular flexibility index (Phi) is 13.6. The molecule has 0 aromatic rings. The SMILES string of the molecule is CCC(COCC(O)COP1(=O)CC(C)[C@H](C(C)C)C1)(COCC1CO1)COCC(CO)OP1(=O)CCC(C)C1. The van der Waals surface area contributed by atoms with Gasteiger partial charge in [-0.25, -0.2) is 0 Å². The van der Waals surface area contributed by atoms with Crippen LogP contribution in [0.5, 0.6) is 0 Å². The van der Waals surface area contributed by atoms with Crippen molar-refractivity contribution in [1.82, 2.24) is 0 Å². The molecule has 0 aromatic carbocycles. The molecule has 3 fully saturated rings. The van der Waals surface area contributed by atoms with E-state index in [-0.39, 0.29) is 45.7 Å². The highest BCUT2D eigenvalue weighted by Crippen LogP contribution is 2.59. The first-order chi connectivity index (χ1) is 18.9. The van der Waals surface area contributed by atoms with Gasteiger partial charge < -0.3 is 38.2 Å². The Morgan fingerprint density at radius 1 is 0.975 bits per heavy atom. The Hall–Kier alpha value is 0.140. The van der Waals surface area contributed by atoms with E-state index in [0.717, 1.165) is 6.42 Å². The van der Waals surface area contributed by atoms with E-state index in [1.165, 1.54) is 0 Å². The van der Waals surface area contributed by atoms with Crippen LogP contribution in [0.2, 0.25) is 0 Å². The third kappa shape index (κ3) is 11.0. The van der Waals surface area contributed by atoms with Crippen molar-refractivity contribution in [3.8, 4) is 0 Å². The maximum Gasteiger partial charge on any atom is 0.203 e. The maximum absolute atomic E-state index is 13.2. The summed E-state index contributed by atoms with van der Waals surface area (Å²) in [6.45, 7) is 12.5. The Bertz CT molecular complexity index is 853. The van der Waals surface area contributed by atoms with Crippen molar-refractivity contribution in [3.63, 3.8) is 0 Å². The Morgan fingerprint density at radius 2 is 1.65 bits per heavy atom. The van der Waals surface area contributed by atoms with Gasteiger partial charge in [0.25, 0.3) is 0 Å². The van der Waals surface area contributed by atoms with Gasteiger partial charge in [0.1, 0.15) is 18.3 Å². The highest BCUT2D eigenvalue weighted by atomic mass is 31.2. The zero-order valence-corrected chi connectivity index (χ0v) is 27.0.